The molecular weight excluding hydrogens is 338 g/mol. The van der Waals surface area contributed by atoms with Crippen molar-refractivity contribution in [3.63, 3.8) is 0 Å². The summed E-state index contributed by atoms with van der Waals surface area (Å²) in [6.45, 7) is 1.53. The van der Waals surface area contributed by atoms with Gasteiger partial charge in [0.25, 0.3) is 5.91 Å². The Kier molecular flexibility index (Phi) is 3.62. The van der Waals surface area contributed by atoms with Crippen LogP contribution in [-0.4, -0.2) is 25.6 Å². The third-order valence-corrected chi connectivity index (χ3v) is 3.79. The second-order valence-corrected chi connectivity index (χ2v) is 6.00. The van der Waals surface area contributed by atoms with Gasteiger partial charge in [-0.25, -0.2) is 4.98 Å². The van der Waals surface area contributed by atoms with E-state index in [1.165, 1.54) is 29.1 Å². The molecule has 1 N–H and O–H groups in total. The fourth-order valence-corrected chi connectivity index (χ4v) is 2.54. The number of nitrogens with zero attached hydrogens (tertiary/aromatic N) is 4. The number of rotatable bonds is 3. The number of nitrogens with one attached hydrogen (secondary N) is 1. The lowest BCUT2D eigenvalue weighted by atomic mass is 10.3. The first-order valence-electron chi connectivity index (χ1n) is 5.01. The van der Waals surface area contributed by atoms with E-state index >= 15 is 0 Å². The van der Waals surface area contributed by atoms with Gasteiger partial charge in [-0.15, -0.1) is 0 Å². The number of aromatic nitrogens is 3. The first-order valence-corrected chi connectivity index (χ1v) is 6.61. The van der Waals surface area contributed by atoms with E-state index in [1.54, 1.807) is 7.05 Å². The lowest BCUT2D eigenvalue weighted by Crippen LogP contribution is -2.14. The molecule has 8 nitrogen and oxygen atoms in total. The van der Waals surface area contributed by atoms with Gasteiger partial charge in [-0.05, 0) is 22.9 Å². The summed E-state index contributed by atoms with van der Waals surface area (Å²) >= 11 is 4.41. The molecule has 0 saturated carbocycles. The predicted octanol–water partition coefficient (Wildman–Crippen LogP) is 2.11. The van der Waals surface area contributed by atoms with E-state index in [0.29, 0.717) is 10.8 Å². The zero-order chi connectivity index (χ0) is 14.2. The van der Waals surface area contributed by atoms with Crippen LogP contribution in [0.2, 0.25) is 0 Å². The number of hydrogen-bond donors (Lipinski definition) is 1. The van der Waals surface area contributed by atoms with Gasteiger partial charge in [0, 0.05) is 7.05 Å². The third-order valence-electron chi connectivity index (χ3n) is 2.40. The van der Waals surface area contributed by atoms with E-state index < -0.39 is 10.8 Å². The summed E-state index contributed by atoms with van der Waals surface area (Å²) < 4.78 is 2.04. The van der Waals surface area contributed by atoms with Crippen LogP contribution in [0.3, 0.4) is 0 Å². The van der Waals surface area contributed by atoms with Crippen molar-refractivity contribution in [1.82, 2.24) is 14.8 Å². The van der Waals surface area contributed by atoms with E-state index in [2.05, 4.69) is 31.3 Å². The number of hydrogen-bond acceptors (Lipinski definition) is 6. The maximum Gasteiger partial charge on any atom is 0.322 e. The van der Waals surface area contributed by atoms with Gasteiger partial charge in [0.1, 0.15) is 5.69 Å². The molecule has 0 spiro atoms. The van der Waals surface area contributed by atoms with Crippen LogP contribution < -0.4 is 5.32 Å². The summed E-state index contributed by atoms with van der Waals surface area (Å²) in [5.41, 5.74) is -0.206. The Labute approximate surface area is 119 Å². The lowest BCUT2D eigenvalue weighted by Gasteiger charge is -1.97. The van der Waals surface area contributed by atoms with Crippen molar-refractivity contribution in [2.75, 3.05) is 5.32 Å². The third kappa shape index (κ3) is 2.63. The first-order chi connectivity index (χ1) is 8.90. The van der Waals surface area contributed by atoms with Crippen LogP contribution in [0.5, 0.6) is 0 Å². The Balaban J connectivity index is 2.34. The van der Waals surface area contributed by atoms with Crippen molar-refractivity contribution in [2.45, 2.75) is 6.92 Å². The van der Waals surface area contributed by atoms with Crippen molar-refractivity contribution >= 4 is 44.0 Å². The van der Waals surface area contributed by atoms with E-state index in [1.807, 2.05) is 0 Å². The highest BCUT2D eigenvalue weighted by Gasteiger charge is 2.29. The quantitative estimate of drug-likeness (QED) is 0.677. The molecule has 2 rings (SSSR count). The van der Waals surface area contributed by atoms with Crippen molar-refractivity contribution in [3.05, 3.63) is 31.5 Å². The molecule has 0 unspecified atom stereocenters. The van der Waals surface area contributed by atoms with Crippen LogP contribution in [0.4, 0.5) is 10.8 Å². The van der Waals surface area contributed by atoms with Crippen molar-refractivity contribution in [3.8, 4) is 0 Å². The van der Waals surface area contributed by atoms with Gasteiger partial charge in [-0.2, -0.15) is 5.10 Å². The molecule has 0 aliphatic carbocycles. The van der Waals surface area contributed by atoms with Gasteiger partial charge in [0.05, 0.1) is 14.9 Å². The minimum atomic E-state index is -0.655. The molecule has 0 radical (unpaired) electrons. The number of aryl methyl sites for hydroxylation is 1. The van der Waals surface area contributed by atoms with Crippen molar-refractivity contribution < 1.29 is 9.72 Å². The van der Waals surface area contributed by atoms with Gasteiger partial charge in [0.2, 0.25) is 5.69 Å². The second-order valence-electron chi connectivity index (χ2n) is 3.59. The topological polar surface area (TPSA) is 103 Å². The van der Waals surface area contributed by atoms with Crippen LogP contribution in [-0.2, 0) is 7.05 Å². The molecule has 1 amide bonds. The fraction of sp³-hybridized carbons (Fsp3) is 0.222. The predicted molar refractivity (Wildman–Crippen MR) is 72.4 cm³/mol. The second kappa shape index (κ2) is 5.05. The van der Waals surface area contributed by atoms with Gasteiger partial charge < -0.3 is 0 Å². The first kappa shape index (κ1) is 13.6. The molecule has 0 saturated heterocycles. The molecule has 0 fully saturated rings. The zero-order valence-corrected chi connectivity index (χ0v) is 12.3. The smallest absolute Gasteiger partial charge is 0.296 e. The molecule has 2 aromatic rings. The Morgan fingerprint density at radius 1 is 1.63 bits per heavy atom. The van der Waals surface area contributed by atoms with E-state index in [4.69, 9.17) is 0 Å². The zero-order valence-electron chi connectivity index (χ0n) is 9.88. The van der Waals surface area contributed by atoms with Crippen molar-refractivity contribution in [2.24, 2.45) is 7.05 Å². The minimum Gasteiger partial charge on any atom is -0.296 e. The summed E-state index contributed by atoms with van der Waals surface area (Å²) in [6, 6.07) is 0. The summed E-state index contributed by atoms with van der Waals surface area (Å²) in [4.78, 5) is 26.2. The number of amides is 1. The largest absolute Gasteiger partial charge is 0.322 e. The molecule has 0 aliphatic rings. The van der Waals surface area contributed by atoms with Gasteiger partial charge in [0.15, 0.2) is 5.13 Å². The number of thiazole rings is 1. The molecule has 10 heteroatoms. The number of carbonyl (C=O) groups excluding carboxylic acids is 1. The highest BCUT2D eigenvalue weighted by Crippen LogP contribution is 2.26. The maximum atomic E-state index is 12.0. The van der Waals surface area contributed by atoms with Crippen LogP contribution in [0.15, 0.2) is 9.98 Å². The summed E-state index contributed by atoms with van der Waals surface area (Å²) in [7, 11) is 1.54. The Hall–Kier alpha value is -1.81. The van der Waals surface area contributed by atoms with Gasteiger partial charge in [-0.3, -0.25) is 24.9 Å². The molecule has 0 aromatic carbocycles. The average molecular weight is 346 g/mol. The van der Waals surface area contributed by atoms with Crippen molar-refractivity contribution in [1.29, 1.82) is 0 Å². The lowest BCUT2D eigenvalue weighted by molar-refractivity contribution is -0.385. The molecule has 0 aliphatic heterocycles. The Bertz CT molecular complexity index is 665. The standard InChI is InChI=1S/C9H8BrN5O3S/c1-4-7(15(17)18)6(13-14(4)2)8(16)12-9-11-3-5(10)19-9/h3H,1-2H3,(H,11,12,16). The van der Waals surface area contributed by atoms with E-state index in [9.17, 15) is 14.9 Å². The highest BCUT2D eigenvalue weighted by atomic mass is 79.9. The number of anilines is 1. The molecule has 100 valence electrons. The molecule has 0 bridgehead atoms. The average Bonchev–Trinajstić information content (AvgIpc) is 2.84. The summed E-state index contributed by atoms with van der Waals surface area (Å²) in [5, 5.41) is 17.6. The molecule has 2 aromatic heterocycles. The molecule has 19 heavy (non-hydrogen) atoms. The fourth-order valence-electron chi connectivity index (χ4n) is 1.44. The normalized spacial score (nSPS) is 10.5. The van der Waals surface area contributed by atoms with Crippen LogP contribution in [0.1, 0.15) is 16.2 Å². The van der Waals surface area contributed by atoms with Gasteiger partial charge >= 0.3 is 5.69 Å². The van der Waals surface area contributed by atoms with Crippen LogP contribution in [0, 0.1) is 17.0 Å². The molecule has 0 atom stereocenters. The number of carbonyl (C=O) groups is 1. The Morgan fingerprint density at radius 2 is 2.32 bits per heavy atom. The van der Waals surface area contributed by atoms with E-state index in [-0.39, 0.29) is 11.4 Å². The minimum absolute atomic E-state index is 0.226. The SMILES string of the molecule is Cc1c([N+](=O)[O-])c(C(=O)Nc2ncc(Br)s2)nn1C. The van der Waals surface area contributed by atoms with Crippen LogP contribution >= 0.6 is 27.3 Å². The van der Waals surface area contributed by atoms with Gasteiger partial charge in [-0.1, -0.05) is 11.3 Å². The molecule has 2 heterocycles. The molecular formula is C9H8BrN5O3S. The summed E-state index contributed by atoms with van der Waals surface area (Å²) in [5.74, 6) is -0.655. The summed E-state index contributed by atoms with van der Waals surface area (Å²) in [6.07, 6.45) is 1.53. The number of nitro groups is 1. The highest BCUT2D eigenvalue weighted by molar-refractivity contribution is 9.11. The van der Waals surface area contributed by atoms with Crippen LogP contribution in [0.25, 0.3) is 0 Å². The maximum absolute atomic E-state index is 12.0. The van der Waals surface area contributed by atoms with E-state index in [0.717, 1.165) is 3.79 Å². The Morgan fingerprint density at radius 3 is 2.84 bits per heavy atom. The monoisotopic (exact) mass is 345 g/mol. The number of halogens is 1.